The predicted molar refractivity (Wildman–Crippen MR) is 67.6 cm³/mol. The summed E-state index contributed by atoms with van der Waals surface area (Å²) in [6, 6.07) is 3.96. The van der Waals surface area contributed by atoms with Crippen molar-refractivity contribution >= 4 is 66.2 Å². The van der Waals surface area contributed by atoms with Crippen molar-refractivity contribution in [1.29, 1.82) is 0 Å². The van der Waals surface area contributed by atoms with Crippen LogP contribution in [0.4, 0.5) is 0 Å². The van der Waals surface area contributed by atoms with Crippen molar-refractivity contribution in [2.75, 3.05) is 0 Å². The van der Waals surface area contributed by atoms with Crippen molar-refractivity contribution in [3.63, 3.8) is 0 Å². The normalized spacial score (nSPS) is 10.6. The van der Waals surface area contributed by atoms with Gasteiger partial charge in [-0.3, -0.25) is 4.79 Å². The molecule has 0 amide bonds. The van der Waals surface area contributed by atoms with Crippen LogP contribution in [0.25, 0.3) is 10.1 Å². The summed E-state index contributed by atoms with van der Waals surface area (Å²) >= 11 is 7.30. The molecule has 1 nitrogen and oxygen atoms in total. The molecule has 1 heterocycles. The van der Waals surface area contributed by atoms with Crippen molar-refractivity contribution in [1.82, 2.24) is 0 Å². The molecular weight excluding hydrogens is 363 g/mol. The molecule has 0 saturated heterocycles. The molecule has 0 aliphatic heterocycles. The van der Waals surface area contributed by atoms with E-state index in [9.17, 15) is 4.79 Å². The summed E-state index contributed by atoms with van der Waals surface area (Å²) in [5.74, 6) is 0. The molecule has 2 rings (SSSR count). The van der Waals surface area contributed by atoms with Crippen LogP contribution in [-0.4, -0.2) is 6.29 Å². The van der Waals surface area contributed by atoms with Gasteiger partial charge in [-0.05, 0) is 50.7 Å². The lowest BCUT2D eigenvalue weighted by molar-refractivity contribution is 0.112. The third-order valence-corrected chi connectivity index (χ3v) is 4.61. The molecule has 0 bridgehead atoms. The molecule has 1 aromatic heterocycles. The largest absolute Gasteiger partial charge is 0.298 e. The third-order valence-electron chi connectivity index (χ3n) is 1.77. The molecule has 66 valence electrons. The molecule has 0 atom stereocenters. The van der Waals surface area contributed by atoms with Crippen molar-refractivity contribution in [2.45, 2.75) is 0 Å². The minimum atomic E-state index is 0.757. The average Bonchev–Trinajstić information content (AvgIpc) is 2.46. The van der Waals surface area contributed by atoms with Crippen LogP contribution in [-0.2, 0) is 0 Å². The first-order chi connectivity index (χ1) is 6.22. The fraction of sp³-hybridized carbons (Fsp3) is 0. The first-order valence-corrected chi connectivity index (χ1v) is 6.29. The second-order valence-corrected chi connectivity index (χ2v) is 5.50. The topological polar surface area (TPSA) is 17.1 Å². The zero-order valence-electron chi connectivity index (χ0n) is 6.38. The molecule has 0 N–H and O–H groups in total. The fourth-order valence-corrected chi connectivity index (χ4v) is 3.51. The highest BCUT2D eigenvalue weighted by Gasteiger charge is 2.05. The number of benzene rings is 1. The Bertz CT molecular complexity index is 478. The smallest absolute Gasteiger partial charge is 0.151 e. The van der Waals surface area contributed by atoms with E-state index in [1.54, 1.807) is 11.3 Å². The van der Waals surface area contributed by atoms with Crippen LogP contribution in [0, 0.1) is 3.57 Å². The van der Waals surface area contributed by atoms with Crippen LogP contribution in [0.3, 0.4) is 0 Å². The Morgan fingerprint density at radius 3 is 2.92 bits per heavy atom. The summed E-state index contributed by atoms with van der Waals surface area (Å²) < 4.78 is 3.28. The minimum absolute atomic E-state index is 0.757. The van der Waals surface area contributed by atoms with E-state index in [1.807, 2.05) is 17.5 Å². The van der Waals surface area contributed by atoms with Crippen LogP contribution < -0.4 is 0 Å². The van der Waals surface area contributed by atoms with E-state index in [-0.39, 0.29) is 0 Å². The number of thiophene rings is 1. The maximum absolute atomic E-state index is 10.7. The number of carbonyl (C=O) groups is 1. The Balaban J connectivity index is 2.84. The molecule has 13 heavy (non-hydrogen) atoms. The molecule has 0 saturated carbocycles. The van der Waals surface area contributed by atoms with Crippen LogP contribution >= 0.6 is 49.9 Å². The lowest BCUT2D eigenvalue weighted by atomic mass is 10.2. The van der Waals surface area contributed by atoms with Gasteiger partial charge in [0.25, 0.3) is 0 Å². The van der Waals surface area contributed by atoms with E-state index in [4.69, 9.17) is 0 Å². The van der Waals surface area contributed by atoms with Crippen molar-refractivity contribution in [2.24, 2.45) is 0 Å². The number of aldehydes is 1. The number of hydrogen-bond acceptors (Lipinski definition) is 2. The summed E-state index contributed by atoms with van der Waals surface area (Å²) in [5.41, 5.74) is 0.757. The second-order valence-electron chi connectivity index (χ2n) is 2.57. The van der Waals surface area contributed by atoms with E-state index < -0.39 is 0 Å². The lowest BCUT2D eigenvalue weighted by Crippen LogP contribution is -1.84. The van der Waals surface area contributed by atoms with E-state index in [0.29, 0.717) is 0 Å². The molecule has 0 spiro atoms. The maximum Gasteiger partial charge on any atom is 0.151 e. The summed E-state index contributed by atoms with van der Waals surface area (Å²) in [6.07, 6.45) is 0.894. The summed E-state index contributed by atoms with van der Waals surface area (Å²) in [5, 5.41) is 3.16. The molecule has 0 fully saturated rings. The van der Waals surface area contributed by atoms with E-state index >= 15 is 0 Å². The molecule has 2 aromatic rings. The highest BCUT2D eigenvalue weighted by molar-refractivity contribution is 14.1. The molecule has 0 radical (unpaired) electrons. The van der Waals surface area contributed by atoms with Gasteiger partial charge in [-0.25, -0.2) is 0 Å². The zero-order chi connectivity index (χ0) is 9.42. The Morgan fingerprint density at radius 1 is 1.46 bits per heavy atom. The molecule has 0 aliphatic rings. The summed E-state index contributed by atoms with van der Waals surface area (Å²) in [4.78, 5) is 10.7. The van der Waals surface area contributed by atoms with Gasteiger partial charge >= 0.3 is 0 Å². The SMILES string of the molecule is O=Cc1cc2c(Br)csc2cc1I. The Morgan fingerprint density at radius 2 is 2.23 bits per heavy atom. The second kappa shape index (κ2) is 3.67. The van der Waals surface area contributed by atoms with Gasteiger partial charge in [0, 0.05) is 29.1 Å². The minimum Gasteiger partial charge on any atom is -0.298 e. The number of hydrogen-bond donors (Lipinski definition) is 0. The summed E-state index contributed by atoms with van der Waals surface area (Å²) in [7, 11) is 0. The Hall–Kier alpha value is 0.0600. The highest BCUT2D eigenvalue weighted by atomic mass is 127. The van der Waals surface area contributed by atoms with Gasteiger partial charge in [0.15, 0.2) is 6.29 Å². The van der Waals surface area contributed by atoms with Gasteiger partial charge in [0.2, 0.25) is 0 Å². The standard InChI is InChI=1S/C9H4BrIOS/c10-7-4-13-9-2-8(11)5(3-12)1-6(7)9/h1-4H. The monoisotopic (exact) mass is 366 g/mol. The third kappa shape index (κ3) is 1.67. The van der Waals surface area contributed by atoms with E-state index in [1.165, 1.54) is 4.70 Å². The van der Waals surface area contributed by atoms with Gasteiger partial charge in [-0.15, -0.1) is 11.3 Å². The lowest BCUT2D eigenvalue weighted by Gasteiger charge is -1.96. The number of halogens is 2. The van der Waals surface area contributed by atoms with Gasteiger partial charge in [-0.1, -0.05) is 0 Å². The molecule has 0 aliphatic carbocycles. The maximum atomic E-state index is 10.7. The van der Waals surface area contributed by atoms with Crippen molar-refractivity contribution in [3.8, 4) is 0 Å². The quantitative estimate of drug-likeness (QED) is 0.549. The fourth-order valence-electron chi connectivity index (χ4n) is 1.12. The first kappa shape index (κ1) is 9.61. The Labute approximate surface area is 101 Å². The van der Waals surface area contributed by atoms with Gasteiger partial charge in [-0.2, -0.15) is 0 Å². The van der Waals surface area contributed by atoms with Gasteiger partial charge in [0.05, 0.1) is 0 Å². The summed E-state index contributed by atoms with van der Waals surface area (Å²) in [6.45, 7) is 0. The van der Waals surface area contributed by atoms with Crippen LogP contribution in [0.1, 0.15) is 10.4 Å². The van der Waals surface area contributed by atoms with Crippen molar-refractivity contribution < 1.29 is 4.79 Å². The predicted octanol–water partition coefficient (Wildman–Crippen LogP) is 4.08. The van der Waals surface area contributed by atoms with Crippen molar-refractivity contribution in [3.05, 3.63) is 31.1 Å². The molecule has 1 aromatic carbocycles. The molecule has 0 unspecified atom stereocenters. The number of carbonyl (C=O) groups excluding carboxylic acids is 1. The van der Waals surface area contributed by atoms with Crippen LogP contribution in [0.2, 0.25) is 0 Å². The van der Waals surface area contributed by atoms with Gasteiger partial charge < -0.3 is 0 Å². The zero-order valence-corrected chi connectivity index (χ0v) is 10.9. The molecular formula is C9H4BrIOS. The number of fused-ring (bicyclic) bond motifs is 1. The van der Waals surface area contributed by atoms with Crippen LogP contribution in [0.5, 0.6) is 0 Å². The highest BCUT2D eigenvalue weighted by Crippen LogP contribution is 2.32. The van der Waals surface area contributed by atoms with E-state index in [0.717, 1.165) is 25.3 Å². The number of rotatable bonds is 1. The average molecular weight is 367 g/mol. The van der Waals surface area contributed by atoms with Crippen LogP contribution in [0.15, 0.2) is 22.0 Å². The molecule has 4 heteroatoms. The first-order valence-electron chi connectivity index (χ1n) is 3.54. The van der Waals surface area contributed by atoms with E-state index in [2.05, 4.69) is 38.5 Å². The van der Waals surface area contributed by atoms with Gasteiger partial charge in [0.1, 0.15) is 0 Å². The Kier molecular flexibility index (Phi) is 2.71.